The van der Waals surface area contributed by atoms with E-state index in [9.17, 15) is 0 Å². The highest BCUT2D eigenvalue weighted by Gasteiger charge is 2.09. The lowest BCUT2D eigenvalue weighted by molar-refractivity contribution is 1.65. The largest absolute Gasteiger partial charge is 0.0622 e. The first-order chi connectivity index (χ1) is 16.8. The van der Waals surface area contributed by atoms with E-state index in [4.69, 9.17) is 0 Å². The van der Waals surface area contributed by atoms with Crippen LogP contribution in [0.25, 0.3) is 65.3 Å². The Kier molecular flexibility index (Phi) is 4.25. The standard InChI is InChI=1S/C34H22/c1-3-7-23(8-4-1)25-11-15-29-27(21-25)13-17-33-31(29)19-20-32-30-16-12-26(24-9-5-2-6-10-24)22-28(30)14-18-34(32)33/h1-22H. The van der Waals surface area contributed by atoms with Crippen LogP contribution >= 0.6 is 0 Å². The summed E-state index contributed by atoms with van der Waals surface area (Å²) in [5, 5.41) is 10.4. The summed E-state index contributed by atoms with van der Waals surface area (Å²) in [5.74, 6) is 0. The third-order valence-electron chi connectivity index (χ3n) is 7.04. The fourth-order valence-corrected chi connectivity index (χ4v) is 5.32. The van der Waals surface area contributed by atoms with Crippen molar-refractivity contribution in [2.75, 3.05) is 0 Å². The lowest BCUT2D eigenvalue weighted by Crippen LogP contribution is -1.85. The molecule has 0 aliphatic rings. The summed E-state index contributed by atoms with van der Waals surface area (Å²) in [6.45, 7) is 0. The van der Waals surface area contributed by atoms with Crippen molar-refractivity contribution in [3.63, 3.8) is 0 Å². The predicted octanol–water partition coefficient (Wildman–Crippen LogP) is 9.63. The van der Waals surface area contributed by atoms with Gasteiger partial charge in [-0.25, -0.2) is 0 Å². The van der Waals surface area contributed by atoms with E-state index < -0.39 is 0 Å². The molecular weight excluding hydrogens is 408 g/mol. The van der Waals surface area contributed by atoms with E-state index in [-0.39, 0.29) is 0 Å². The topological polar surface area (TPSA) is 0 Å². The zero-order valence-electron chi connectivity index (χ0n) is 18.7. The molecule has 0 fully saturated rings. The summed E-state index contributed by atoms with van der Waals surface area (Å²) in [5.41, 5.74) is 5.02. The van der Waals surface area contributed by atoms with E-state index in [1.165, 1.54) is 65.3 Å². The summed E-state index contributed by atoms with van der Waals surface area (Å²) in [7, 11) is 0. The molecule has 0 spiro atoms. The molecule has 34 heavy (non-hydrogen) atoms. The predicted molar refractivity (Wildman–Crippen MR) is 147 cm³/mol. The van der Waals surface area contributed by atoms with Crippen molar-refractivity contribution in [2.24, 2.45) is 0 Å². The van der Waals surface area contributed by atoms with Crippen molar-refractivity contribution >= 4 is 43.1 Å². The molecule has 0 amide bonds. The molecule has 0 atom stereocenters. The van der Waals surface area contributed by atoms with Gasteiger partial charge in [0.05, 0.1) is 0 Å². The summed E-state index contributed by atoms with van der Waals surface area (Å²) in [4.78, 5) is 0. The Morgan fingerprint density at radius 1 is 0.235 bits per heavy atom. The second-order valence-electron chi connectivity index (χ2n) is 8.99. The molecule has 7 rings (SSSR count). The first-order valence-corrected chi connectivity index (χ1v) is 11.8. The fraction of sp³-hybridized carbons (Fsp3) is 0. The smallest absolute Gasteiger partial charge is 0.00987 e. The van der Waals surface area contributed by atoms with E-state index in [0.29, 0.717) is 0 Å². The zero-order chi connectivity index (χ0) is 22.5. The molecule has 0 unspecified atom stereocenters. The molecular formula is C34H22. The number of benzene rings is 7. The third-order valence-corrected chi connectivity index (χ3v) is 7.04. The molecule has 0 heteroatoms. The molecule has 0 saturated carbocycles. The van der Waals surface area contributed by atoms with Gasteiger partial charge >= 0.3 is 0 Å². The average molecular weight is 431 g/mol. The van der Waals surface area contributed by atoms with Crippen LogP contribution in [-0.2, 0) is 0 Å². The van der Waals surface area contributed by atoms with Crippen LogP contribution in [0.15, 0.2) is 133 Å². The maximum atomic E-state index is 2.31. The van der Waals surface area contributed by atoms with Crippen LogP contribution in [0.2, 0.25) is 0 Å². The number of fused-ring (bicyclic) bond motifs is 7. The van der Waals surface area contributed by atoms with Crippen molar-refractivity contribution in [1.82, 2.24) is 0 Å². The molecule has 158 valence electrons. The Hall–Kier alpha value is -4.42. The second kappa shape index (κ2) is 7.57. The minimum Gasteiger partial charge on any atom is -0.0622 e. The molecule has 7 aromatic carbocycles. The molecule has 0 saturated heterocycles. The SMILES string of the molecule is c1ccc(-c2ccc3c(ccc4c3ccc3c5ccc(-c6ccccc6)cc5ccc34)c2)cc1. The van der Waals surface area contributed by atoms with E-state index in [1.807, 2.05) is 0 Å². The van der Waals surface area contributed by atoms with Crippen molar-refractivity contribution < 1.29 is 0 Å². The highest BCUT2D eigenvalue weighted by molar-refractivity contribution is 6.22. The zero-order valence-corrected chi connectivity index (χ0v) is 18.7. The maximum absolute atomic E-state index is 2.31. The summed E-state index contributed by atoms with van der Waals surface area (Å²) in [6, 6.07) is 48.6. The van der Waals surface area contributed by atoms with E-state index in [0.717, 1.165) is 0 Å². The van der Waals surface area contributed by atoms with Crippen molar-refractivity contribution in [3.05, 3.63) is 133 Å². The minimum absolute atomic E-state index is 1.25. The number of hydrogen-bond donors (Lipinski definition) is 0. The van der Waals surface area contributed by atoms with E-state index >= 15 is 0 Å². The fourth-order valence-electron chi connectivity index (χ4n) is 5.32. The third kappa shape index (κ3) is 3.00. The van der Waals surface area contributed by atoms with E-state index in [2.05, 4.69) is 133 Å². The molecule has 0 N–H and O–H groups in total. The van der Waals surface area contributed by atoms with Gasteiger partial charge in [-0.1, -0.05) is 121 Å². The van der Waals surface area contributed by atoms with Gasteiger partial charge in [0.25, 0.3) is 0 Å². The van der Waals surface area contributed by atoms with Crippen LogP contribution in [0.5, 0.6) is 0 Å². The lowest BCUT2D eigenvalue weighted by Gasteiger charge is -2.12. The van der Waals surface area contributed by atoms with Gasteiger partial charge in [0.15, 0.2) is 0 Å². The van der Waals surface area contributed by atoms with Crippen LogP contribution in [0, 0.1) is 0 Å². The highest BCUT2D eigenvalue weighted by Crippen LogP contribution is 2.37. The Labute approximate surface area is 198 Å². The van der Waals surface area contributed by atoms with Gasteiger partial charge in [-0.15, -0.1) is 0 Å². The van der Waals surface area contributed by atoms with Crippen molar-refractivity contribution in [2.45, 2.75) is 0 Å². The van der Waals surface area contributed by atoms with Crippen molar-refractivity contribution in [3.8, 4) is 22.3 Å². The molecule has 0 bridgehead atoms. The maximum Gasteiger partial charge on any atom is -0.00987 e. The summed E-state index contributed by atoms with van der Waals surface area (Å²) in [6.07, 6.45) is 0. The number of rotatable bonds is 2. The molecule has 0 radical (unpaired) electrons. The van der Waals surface area contributed by atoms with Gasteiger partial charge in [-0.2, -0.15) is 0 Å². The Morgan fingerprint density at radius 2 is 0.588 bits per heavy atom. The van der Waals surface area contributed by atoms with Crippen LogP contribution < -0.4 is 0 Å². The van der Waals surface area contributed by atoms with Gasteiger partial charge in [-0.3, -0.25) is 0 Å². The van der Waals surface area contributed by atoms with Gasteiger partial charge in [-0.05, 0) is 77.5 Å². The van der Waals surface area contributed by atoms with Gasteiger partial charge < -0.3 is 0 Å². The molecule has 7 aromatic rings. The quantitative estimate of drug-likeness (QED) is 0.239. The Morgan fingerprint density at radius 3 is 1.03 bits per heavy atom. The molecule has 0 nitrogen and oxygen atoms in total. The van der Waals surface area contributed by atoms with Gasteiger partial charge in [0.1, 0.15) is 0 Å². The van der Waals surface area contributed by atoms with Gasteiger partial charge in [0.2, 0.25) is 0 Å². The van der Waals surface area contributed by atoms with E-state index in [1.54, 1.807) is 0 Å². The van der Waals surface area contributed by atoms with Crippen LogP contribution in [0.4, 0.5) is 0 Å². The Bertz CT molecular complexity index is 1690. The van der Waals surface area contributed by atoms with Crippen molar-refractivity contribution in [1.29, 1.82) is 0 Å². The summed E-state index contributed by atoms with van der Waals surface area (Å²) >= 11 is 0. The lowest BCUT2D eigenvalue weighted by atomic mass is 9.92. The molecule has 0 aromatic heterocycles. The number of hydrogen-bond acceptors (Lipinski definition) is 0. The average Bonchev–Trinajstić information content (AvgIpc) is 2.92. The monoisotopic (exact) mass is 430 g/mol. The molecule has 0 aliphatic carbocycles. The van der Waals surface area contributed by atoms with Crippen LogP contribution in [0.3, 0.4) is 0 Å². The normalized spacial score (nSPS) is 11.5. The van der Waals surface area contributed by atoms with Crippen LogP contribution in [-0.4, -0.2) is 0 Å². The highest BCUT2D eigenvalue weighted by atomic mass is 14.1. The molecule has 0 aliphatic heterocycles. The first kappa shape index (κ1) is 19.1. The Balaban J connectivity index is 1.41. The van der Waals surface area contributed by atoms with Gasteiger partial charge in [0, 0.05) is 0 Å². The van der Waals surface area contributed by atoms with Crippen LogP contribution in [0.1, 0.15) is 0 Å². The molecule has 0 heterocycles. The summed E-state index contributed by atoms with van der Waals surface area (Å²) < 4.78 is 0. The minimum atomic E-state index is 1.25. The second-order valence-corrected chi connectivity index (χ2v) is 8.99. The first-order valence-electron chi connectivity index (χ1n) is 11.8.